The zero-order valence-electron chi connectivity index (χ0n) is 14.0. The Labute approximate surface area is 162 Å². The van der Waals surface area contributed by atoms with Crippen LogP contribution in [0.15, 0.2) is 67.3 Å². The first-order valence-electron chi connectivity index (χ1n) is 8.27. The predicted molar refractivity (Wildman–Crippen MR) is 103 cm³/mol. The number of aryl methyl sites for hydroxylation is 1. The van der Waals surface area contributed by atoms with E-state index in [2.05, 4.69) is 4.98 Å². The van der Waals surface area contributed by atoms with Gasteiger partial charge in [0.25, 0.3) is 0 Å². The molecule has 3 rings (SSSR count). The van der Waals surface area contributed by atoms with Crippen LogP contribution in [-0.4, -0.2) is 21.6 Å². The van der Waals surface area contributed by atoms with E-state index in [-0.39, 0.29) is 12.1 Å². The topological polar surface area (TPSA) is 44.1 Å². The summed E-state index contributed by atoms with van der Waals surface area (Å²) in [5.41, 5.74) is 1.63. The molecule has 2 aromatic carbocycles. The van der Waals surface area contributed by atoms with E-state index in [9.17, 15) is 4.79 Å². The molecule has 0 amide bonds. The van der Waals surface area contributed by atoms with Crippen LogP contribution >= 0.6 is 23.2 Å². The lowest BCUT2D eigenvalue weighted by molar-refractivity contribution is 0.0240. The van der Waals surface area contributed by atoms with Gasteiger partial charge in [-0.15, -0.1) is 0 Å². The molecule has 134 valence electrons. The molecule has 0 saturated carbocycles. The summed E-state index contributed by atoms with van der Waals surface area (Å²) in [6.07, 6.45) is 6.47. The Balaban J connectivity index is 1.66. The SMILES string of the molecule is O=C(OC(CCc1ccc(Cl)cc1)Cn1ccnc1)c1ccc(Cl)cc1. The highest BCUT2D eigenvalue weighted by atomic mass is 35.5. The van der Waals surface area contributed by atoms with Gasteiger partial charge in [0.2, 0.25) is 0 Å². The minimum atomic E-state index is -0.358. The molecule has 0 fully saturated rings. The summed E-state index contributed by atoms with van der Waals surface area (Å²) in [6, 6.07) is 14.4. The number of aromatic nitrogens is 2. The van der Waals surface area contributed by atoms with Crippen molar-refractivity contribution in [2.24, 2.45) is 0 Å². The van der Waals surface area contributed by atoms with E-state index in [1.54, 1.807) is 36.8 Å². The van der Waals surface area contributed by atoms with Crippen LogP contribution in [0.5, 0.6) is 0 Å². The van der Waals surface area contributed by atoms with Crippen molar-refractivity contribution in [1.29, 1.82) is 0 Å². The third-order valence-corrected chi connectivity index (χ3v) is 4.50. The molecular formula is C20H18Cl2N2O2. The molecule has 0 radical (unpaired) electrons. The van der Waals surface area contributed by atoms with Crippen LogP contribution in [-0.2, 0) is 17.7 Å². The van der Waals surface area contributed by atoms with Crippen molar-refractivity contribution >= 4 is 29.2 Å². The van der Waals surface area contributed by atoms with Gasteiger partial charge in [-0.3, -0.25) is 0 Å². The molecule has 0 bridgehead atoms. The molecule has 3 aromatic rings. The van der Waals surface area contributed by atoms with Crippen molar-refractivity contribution in [1.82, 2.24) is 9.55 Å². The van der Waals surface area contributed by atoms with Gasteiger partial charge >= 0.3 is 5.97 Å². The quantitative estimate of drug-likeness (QED) is 0.532. The van der Waals surface area contributed by atoms with Crippen molar-refractivity contribution in [3.05, 3.63) is 88.4 Å². The fourth-order valence-electron chi connectivity index (χ4n) is 2.60. The molecule has 0 aliphatic carbocycles. The molecule has 0 saturated heterocycles. The molecule has 6 heteroatoms. The van der Waals surface area contributed by atoms with Gasteiger partial charge < -0.3 is 9.30 Å². The predicted octanol–water partition coefficient (Wildman–Crippen LogP) is 5.05. The highest BCUT2D eigenvalue weighted by Crippen LogP contribution is 2.16. The molecule has 1 unspecified atom stereocenters. The maximum Gasteiger partial charge on any atom is 0.338 e. The number of hydrogen-bond acceptors (Lipinski definition) is 3. The standard InChI is InChI=1S/C20H18Cl2N2O2/c21-17-6-1-15(2-7-17)3-10-19(13-24-12-11-23-14-24)26-20(25)16-4-8-18(22)9-5-16/h1-2,4-9,11-12,14,19H,3,10,13H2. The molecule has 4 nitrogen and oxygen atoms in total. The number of esters is 1. The summed E-state index contributed by atoms with van der Waals surface area (Å²) >= 11 is 11.8. The van der Waals surface area contributed by atoms with Crippen LogP contribution in [0.25, 0.3) is 0 Å². The van der Waals surface area contributed by atoms with E-state index in [0.29, 0.717) is 28.6 Å². The second-order valence-electron chi connectivity index (χ2n) is 5.96. The molecule has 0 spiro atoms. The maximum absolute atomic E-state index is 12.4. The Morgan fingerprint density at radius 3 is 2.31 bits per heavy atom. The van der Waals surface area contributed by atoms with Crippen LogP contribution in [0.4, 0.5) is 0 Å². The van der Waals surface area contributed by atoms with Crippen LogP contribution in [0.2, 0.25) is 10.0 Å². The first-order valence-corrected chi connectivity index (χ1v) is 9.02. The van der Waals surface area contributed by atoms with Gasteiger partial charge in [-0.1, -0.05) is 35.3 Å². The van der Waals surface area contributed by atoms with E-state index in [4.69, 9.17) is 27.9 Å². The van der Waals surface area contributed by atoms with Gasteiger partial charge in [-0.05, 0) is 54.8 Å². The summed E-state index contributed by atoms with van der Waals surface area (Å²) in [5, 5.41) is 1.29. The average Bonchev–Trinajstić information content (AvgIpc) is 3.14. The normalized spacial score (nSPS) is 11.9. The zero-order chi connectivity index (χ0) is 18.4. The molecule has 1 aromatic heterocycles. The van der Waals surface area contributed by atoms with Crippen LogP contribution in [0, 0.1) is 0 Å². The number of imidazole rings is 1. The monoisotopic (exact) mass is 388 g/mol. The lowest BCUT2D eigenvalue weighted by Gasteiger charge is -2.19. The Kier molecular flexibility index (Phi) is 6.31. The van der Waals surface area contributed by atoms with Crippen molar-refractivity contribution in [2.45, 2.75) is 25.5 Å². The smallest absolute Gasteiger partial charge is 0.338 e. The number of nitrogens with zero attached hydrogens (tertiary/aromatic N) is 2. The van der Waals surface area contributed by atoms with E-state index >= 15 is 0 Å². The van der Waals surface area contributed by atoms with Crippen molar-refractivity contribution in [3.8, 4) is 0 Å². The molecule has 26 heavy (non-hydrogen) atoms. The zero-order valence-corrected chi connectivity index (χ0v) is 15.5. The van der Waals surface area contributed by atoms with E-state index in [0.717, 1.165) is 12.0 Å². The first kappa shape index (κ1) is 18.5. The van der Waals surface area contributed by atoms with Gasteiger partial charge in [0.15, 0.2) is 0 Å². The number of rotatable bonds is 7. The number of halogens is 2. The fraction of sp³-hybridized carbons (Fsp3) is 0.200. The highest BCUT2D eigenvalue weighted by Gasteiger charge is 2.17. The average molecular weight is 389 g/mol. The van der Waals surface area contributed by atoms with Crippen LogP contribution in [0.1, 0.15) is 22.3 Å². The van der Waals surface area contributed by atoms with Crippen molar-refractivity contribution < 1.29 is 9.53 Å². The number of hydrogen-bond donors (Lipinski definition) is 0. The Hall–Kier alpha value is -2.30. The summed E-state index contributed by atoms with van der Waals surface area (Å²) in [5.74, 6) is -0.358. The Morgan fingerprint density at radius 2 is 1.69 bits per heavy atom. The lowest BCUT2D eigenvalue weighted by Crippen LogP contribution is -2.24. The van der Waals surface area contributed by atoms with Crippen molar-refractivity contribution in [2.75, 3.05) is 0 Å². The minimum absolute atomic E-state index is 0.275. The van der Waals surface area contributed by atoms with Gasteiger partial charge in [0, 0.05) is 22.4 Å². The van der Waals surface area contributed by atoms with E-state index in [1.807, 2.05) is 35.0 Å². The fourth-order valence-corrected chi connectivity index (χ4v) is 2.85. The van der Waals surface area contributed by atoms with Crippen LogP contribution in [0.3, 0.4) is 0 Å². The number of ether oxygens (including phenoxy) is 1. The second-order valence-corrected chi connectivity index (χ2v) is 6.83. The third kappa shape index (κ3) is 5.35. The molecule has 0 aliphatic heterocycles. The number of benzene rings is 2. The minimum Gasteiger partial charge on any atom is -0.457 e. The third-order valence-electron chi connectivity index (χ3n) is 4.00. The summed E-state index contributed by atoms with van der Waals surface area (Å²) in [6.45, 7) is 0.549. The molecule has 1 heterocycles. The lowest BCUT2D eigenvalue weighted by atomic mass is 10.1. The second kappa shape index (κ2) is 8.88. The molecule has 0 N–H and O–H groups in total. The molecule has 1 atom stereocenters. The van der Waals surface area contributed by atoms with Gasteiger partial charge in [-0.25, -0.2) is 9.78 Å². The Bertz CT molecular complexity index is 831. The number of carbonyl (C=O) groups excluding carboxylic acids is 1. The summed E-state index contributed by atoms with van der Waals surface area (Å²) in [4.78, 5) is 16.5. The molecular weight excluding hydrogens is 371 g/mol. The van der Waals surface area contributed by atoms with Crippen molar-refractivity contribution in [3.63, 3.8) is 0 Å². The Morgan fingerprint density at radius 1 is 1.04 bits per heavy atom. The van der Waals surface area contributed by atoms with E-state index < -0.39 is 0 Å². The maximum atomic E-state index is 12.4. The van der Waals surface area contributed by atoms with Gasteiger partial charge in [0.05, 0.1) is 18.4 Å². The molecule has 0 aliphatic rings. The van der Waals surface area contributed by atoms with Gasteiger partial charge in [0.1, 0.15) is 6.10 Å². The van der Waals surface area contributed by atoms with E-state index in [1.165, 1.54) is 0 Å². The first-order chi connectivity index (χ1) is 12.6. The van der Waals surface area contributed by atoms with Gasteiger partial charge in [-0.2, -0.15) is 0 Å². The summed E-state index contributed by atoms with van der Waals surface area (Å²) < 4.78 is 7.64. The van der Waals surface area contributed by atoms with Crippen LogP contribution < -0.4 is 0 Å². The highest BCUT2D eigenvalue weighted by molar-refractivity contribution is 6.30. The largest absolute Gasteiger partial charge is 0.457 e. The number of carbonyl (C=O) groups is 1. The summed E-state index contributed by atoms with van der Waals surface area (Å²) in [7, 11) is 0.